The van der Waals surface area contributed by atoms with Crippen LogP contribution in [0.5, 0.6) is 0 Å². The van der Waals surface area contributed by atoms with Gasteiger partial charge in [0.05, 0.1) is 21.1 Å². The molecular weight excluding hydrogens is 419 g/mol. The number of anilines is 1. The molecule has 2 aromatic heterocycles. The average molecular weight is 433 g/mol. The van der Waals surface area contributed by atoms with E-state index in [0.29, 0.717) is 32.7 Å². The Hall–Kier alpha value is -2.61. The first-order valence-electron chi connectivity index (χ1n) is 8.30. The van der Waals surface area contributed by atoms with Crippen molar-refractivity contribution in [1.82, 2.24) is 14.5 Å². The molecule has 0 unspecified atom stereocenters. The molecule has 0 atom stereocenters. The topological polar surface area (TPSA) is 79.8 Å². The van der Waals surface area contributed by atoms with Crippen LogP contribution in [0, 0.1) is 0 Å². The Labute approximate surface area is 173 Å². The highest BCUT2D eigenvalue weighted by atomic mass is 35.5. The molecule has 0 radical (unpaired) electrons. The number of imidazole rings is 1. The molecule has 4 rings (SSSR count). The number of nitrogens with zero attached hydrogens (tertiary/aromatic N) is 2. The largest absolute Gasteiger partial charge is 0.326 e. The maximum absolute atomic E-state index is 12.5. The van der Waals surface area contributed by atoms with Crippen LogP contribution in [0.4, 0.5) is 5.13 Å². The number of nitrogens with one attached hydrogen (secondary N) is 2. The van der Waals surface area contributed by atoms with Gasteiger partial charge in [0.2, 0.25) is 0 Å². The number of hydrogen-bond donors (Lipinski definition) is 2. The van der Waals surface area contributed by atoms with Crippen molar-refractivity contribution in [2.75, 3.05) is 5.32 Å². The first-order valence-corrected chi connectivity index (χ1v) is 9.87. The average Bonchev–Trinajstić information content (AvgIpc) is 3.22. The third-order valence-corrected chi connectivity index (χ3v) is 6.11. The summed E-state index contributed by atoms with van der Waals surface area (Å²) < 4.78 is 1.49. The van der Waals surface area contributed by atoms with E-state index in [-0.39, 0.29) is 11.6 Å². The lowest BCUT2D eigenvalue weighted by Gasteiger charge is -2.04. The highest BCUT2D eigenvalue weighted by Crippen LogP contribution is 2.29. The van der Waals surface area contributed by atoms with Crippen LogP contribution >= 0.6 is 34.5 Å². The fourth-order valence-corrected chi connectivity index (χ4v) is 4.08. The number of halogens is 2. The monoisotopic (exact) mass is 432 g/mol. The summed E-state index contributed by atoms with van der Waals surface area (Å²) in [5.74, 6) is -0.298. The minimum atomic E-state index is -0.298. The molecule has 2 aromatic carbocycles. The lowest BCUT2D eigenvalue weighted by Crippen LogP contribution is -2.11. The smallest absolute Gasteiger partial charge is 0.306 e. The van der Waals surface area contributed by atoms with Gasteiger partial charge in [-0.2, -0.15) is 0 Å². The van der Waals surface area contributed by atoms with E-state index in [4.69, 9.17) is 23.2 Å². The summed E-state index contributed by atoms with van der Waals surface area (Å²) in [7, 11) is 1.67. The second kappa shape index (κ2) is 7.43. The van der Waals surface area contributed by atoms with E-state index in [9.17, 15) is 9.59 Å². The molecule has 28 heavy (non-hydrogen) atoms. The standard InChI is InChI=1S/C19H14Cl2N4O2S/c1-25-15-6-5-11(8-14(15)23-19(25)27)17(26)24-18-22-9-12(28-18)7-10-3-2-4-13(20)16(10)21/h2-6,8-9H,7H2,1H3,(H,23,27)(H,22,24,26). The van der Waals surface area contributed by atoms with Crippen LogP contribution < -0.4 is 11.0 Å². The number of carbonyl (C=O) groups excluding carboxylic acids is 1. The van der Waals surface area contributed by atoms with Crippen molar-refractivity contribution in [3.8, 4) is 0 Å². The van der Waals surface area contributed by atoms with Gasteiger partial charge in [0.1, 0.15) is 0 Å². The van der Waals surface area contributed by atoms with Gasteiger partial charge in [0, 0.05) is 30.1 Å². The summed E-state index contributed by atoms with van der Waals surface area (Å²) in [4.78, 5) is 32.1. The number of hydrogen-bond acceptors (Lipinski definition) is 4. The van der Waals surface area contributed by atoms with Crippen molar-refractivity contribution in [3.63, 3.8) is 0 Å². The third kappa shape index (κ3) is 3.56. The van der Waals surface area contributed by atoms with Gasteiger partial charge in [0.15, 0.2) is 5.13 Å². The highest BCUT2D eigenvalue weighted by molar-refractivity contribution is 7.15. The summed E-state index contributed by atoms with van der Waals surface area (Å²) in [5, 5.41) is 4.30. The van der Waals surface area contributed by atoms with E-state index < -0.39 is 0 Å². The molecule has 142 valence electrons. The number of aromatic nitrogens is 3. The SMILES string of the molecule is Cn1c(=O)[nH]c2cc(C(=O)Nc3ncc(Cc4cccc(Cl)c4Cl)s3)ccc21. The minimum Gasteiger partial charge on any atom is -0.306 e. The quantitative estimate of drug-likeness (QED) is 0.498. The number of fused-ring (bicyclic) bond motifs is 1. The van der Waals surface area contributed by atoms with E-state index in [2.05, 4.69) is 15.3 Å². The lowest BCUT2D eigenvalue weighted by atomic mass is 10.1. The number of thiazole rings is 1. The summed E-state index contributed by atoms with van der Waals surface area (Å²) >= 11 is 13.6. The number of H-pyrrole nitrogens is 1. The molecular formula is C19H14Cl2N4O2S. The molecule has 1 amide bonds. The Morgan fingerprint density at radius 3 is 2.93 bits per heavy atom. The molecule has 9 heteroatoms. The zero-order valence-electron chi connectivity index (χ0n) is 14.6. The van der Waals surface area contributed by atoms with E-state index in [1.165, 1.54) is 15.9 Å². The summed E-state index contributed by atoms with van der Waals surface area (Å²) in [6, 6.07) is 10.5. The fourth-order valence-electron chi connectivity index (χ4n) is 2.87. The molecule has 0 aliphatic heterocycles. The number of amides is 1. The summed E-state index contributed by atoms with van der Waals surface area (Å²) in [6.07, 6.45) is 2.28. The molecule has 0 aliphatic carbocycles. The van der Waals surface area contributed by atoms with Gasteiger partial charge in [-0.25, -0.2) is 9.78 Å². The van der Waals surface area contributed by atoms with Gasteiger partial charge in [-0.1, -0.05) is 35.3 Å². The van der Waals surface area contributed by atoms with Crippen molar-refractivity contribution in [2.24, 2.45) is 7.05 Å². The molecule has 0 fully saturated rings. The van der Waals surface area contributed by atoms with Crippen molar-refractivity contribution >= 4 is 56.6 Å². The predicted octanol–water partition coefficient (Wildman–Crippen LogP) is 4.47. The Morgan fingerprint density at radius 1 is 1.29 bits per heavy atom. The van der Waals surface area contributed by atoms with Gasteiger partial charge in [0.25, 0.3) is 5.91 Å². The Kier molecular flexibility index (Phi) is 4.97. The van der Waals surface area contributed by atoms with E-state index in [0.717, 1.165) is 16.0 Å². The second-order valence-corrected chi connectivity index (χ2v) is 8.10. The summed E-state index contributed by atoms with van der Waals surface area (Å²) in [6.45, 7) is 0. The number of benzene rings is 2. The van der Waals surface area contributed by atoms with Crippen molar-refractivity contribution in [2.45, 2.75) is 6.42 Å². The first kappa shape index (κ1) is 18.7. The van der Waals surface area contributed by atoms with E-state index in [1.54, 1.807) is 37.5 Å². The summed E-state index contributed by atoms with van der Waals surface area (Å²) in [5.41, 5.74) is 2.45. The second-order valence-electron chi connectivity index (χ2n) is 6.20. The third-order valence-electron chi connectivity index (χ3n) is 4.34. The highest BCUT2D eigenvalue weighted by Gasteiger charge is 2.13. The van der Waals surface area contributed by atoms with Crippen LogP contribution in [-0.2, 0) is 13.5 Å². The van der Waals surface area contributed by atoms with Gasteiger partial charge >= 0.3 is 5.69 Å². The molecule has 0 aliphatic rings. The van der Waals surface area contributed by atoms with Crippen LogP contribution in [0.3, 0.4) is 0 Å². The van der Waals surface area contributed by atoms with Crippen molar-refractivity contribution in [3.05, 3.63) is 79.1 Å². The molecule has 0 saturated carbocycles. The Bertz CT molecular complexity index is 1260. The fraction of sp³-hybridized carbons (Fsp3) is 0.105. The van der Waals surface area contributed by atoms with Crippen molar-refractivity contribution in [1.29, 1.82) is 0 Å². The van der Waals surface area contributed by atoms with Crippen LogP contribution in [0.15, 0.2) is 47.4 Å². The number of aryl methyl sites for hydroxylation is 1. The van der Waals surface area contributed by atoms with Crippen molar-refractivity contribution < 1.29 is 4.79 Å². The molecule has 0 saturated heterocycles. The van der Waals surface area contributed by atoms with Gasteiger partial charge in [-0.3, -0.25) is 14.7 Å². The van der Waals surface area contributed by atoms with E-state index in [1.807, 2.05) is 12.1 Å². The van der Waals surface area contributed by atoms with Gasteiger partial charge in [-0.05, 0) is 29.8 Å². The zero-order chi connectivity index (χ0) is 19.8. The minimum absolute atomic E-state index is 0.225. The van der Waals surface area contributed by atoms with E-state index >= 15 is 0 Å². The number of carbonyl (C=O) groups is 1. The normalized spacial score (nSPS) is 11.1. The Balaban J connectivity index is 1.51. The molecule has 4 aromatic rings. The number of rotatable bonds is 4. The molecule has 0 spiro atoms. The molecule has 6 nitrogen and oxygen atoms in total. The maximum Gasteiger partial charge on any atom is 0.326 e. The van der Waals surface area contributed by atoms with Crippen LogP contribution in [0.25, 0.3) is 11.0 Å². The van der Waals surface area contributed by atoms with Crippen LogP contribution in [0.2, 0.25) is 10.0 Å². The van der Waals surface area contributed by atoms with Gasteiger partial charge < -0.3 is 4.98 Å². The molecule has 2 N–H and O–H groups in total. The van der Waals surface area contributed by atoms with Crippen LogP contribution in [-0.4, -0.2) is 20.4 Å². The lowest BCUT2D eigenvalue weighted by molar-refractivity contribution is 0.102. The Morgan fingerprint density at radius 2 is 2.11 bits per heavy atom. The first-order chi connectivity index (χ1) is 13.4. The molecule has 2 heterocycles. The zero-order valence-corrected chi connectivity index (χ0v) is 17.0. The van der Waals surface area contributed by atoms with Gasteiger partial charge in [-0.15, -0.1) is 11.3 Å². The predicted molar refractivity (Wildman–Crippen MR) is 113 cm³/mol. The van der Waals surface area contributed by atoms with Crippen LogP contribution in [0.1, 0.15) is 20.8 Å². The maximum atomic E-state index is 12.5. The molecule has 0 bridgehead atoms. The number of aromatic amines is 1.